The summed E-state index contributed by atoms with van der Waals surface area (Å²) in [6, 6.07) is 14.6. The molecular weight excluding hydrogens is 208 g/mol. The lowest BCUT2D eigenvalue weighted by Gasteiger charge is -2.03. The summed E-state index contributed by atoms with van der Waals surface area (Å²) >= 11 is 0. The van der Waals surface area contributed by atoms with Crippen LogP contribution >= 0.6 is 0 Å². The van der Waals surface area contributed by atoms with Crippen LogP contribution in [0.2, 0.25) is 0 Å². The lowest BCUT2D eigenvalue weighted by Crippen LogP contribution is -1.81. The van der Waals surface area contributed by atoms with Crippen LogP contribution < -0.4 is 0 Å². The van der Waals surface area contributed by atoms with E-state index in [1.165, 1.54) is 16.3 Å². The number of hydrogen-bond donors (Lipinski definition) is 1. The average molecular weight is 220 g/mol. The quantitative estimate of drug-likeness (QED) is 0.697. The molecule has 0 radical (unpaired) electrons. The number of nitrogens with zero attached hydrogens (tertiary/aromatic N) is 1. The van der Waals surface area contributed by atoms with E-state index >= 15 is 0 Å². The number of benzene rings is 2. The molecule has 1 heterocycles. The van der Waals surface area contributed by atoms with E-state index in [-0.39, 0.29) is 0 Å². The molecule has 1 aromatic heterocycles. The van der Waals surface area contributed by atoms with Gasteiger partial charge in [-0.25, -0.2) is 4.98 Å². The third kappa shape index (κ3) is 1.64. The van der Waals surface area contributed by atoms with Crippen molar-refractivity contribution in [3.05, 3.63) is 61.1 Å². The number of nitrogens with one attached hydrogen (secondary N) is 1. The molecule has 82 valence electrons. The van der Waals surface area contributed by atoms with E-state index in [1.807, 2.05) is 12.3 Å². The SMILES string of the molecule is C=Cc1ncc(-c2cccc3ccccc23)[nH]1. The van der Waals surface area contributed by atoms with Gasteiger partial charge in [0.2, 0.25) is 0 Å². The Bertz CT molecular complexity index is 675. The third-order valence-corrected chi connectivity index (χ3v) is 2.87. The van der Waals surface area contributed by atoms with E-state index < -0.39 is 0 Å². The van der Waals surface area contributed by atoms with Gasteiger partial charge in [-0.3, -0.25) is 0 Å². The summed E-state index contributed by atoms with van der Waals surface area (Å²) in [5.74, 6) is 0.799. The number of fused-ring (bicyclic) bond motifs is 1. The van der Waals surface area contributed by atoms with Crippen LogP contribution in [0.1, 0.15) is 5.82 Å². The molecule has 0 amide bonds. The van der Waals surface area contributed by atoms with E-state index in [1.54, 1.807) is 6.08 Å². The highest BCUT2D eigenvalue weighted by molar-refractivity contribution is 5.95. The zero-order valence-corrected chi connectivity index (χ0v) is 9.35. The van der Waals surface area contributed by atoms with Crippen LogP contribution in [0.3, 0.4) is 0 Å². The molecule has 2 nitrogen and oxygen atoms in total. The van der Waals surface area contributed by atoms with Gasteiger partial charge < -0.3 is 4.98 Å². The third-order valence-electron chi connectivity index (χ3n) is 2.87. The molecule has 0 bridgehead atoms. The molecule has 0 atom stereocenters. The van der Waals surface area contributed by atoms with Crippen LogP contribution in [-0.4, -0.2) is 9.97 Å². The molecular formula is C15H12N2. The maximum Gasteiger partial charge on any atom is 0.129 e. The van der Waals surface area contributed by atoms with Crippen LogP contribution in [0, 0.1) is 0 Å². The Balaban J connectivity index is 2.26. The van der Waals surface area contributed by atoms with Crippen LogP contribution in [0.5, 0.6) is 0 Å². The Morgan fingerprint density at radius 2 is 1.88 bits per heavy atom. The first-order valence-electron chi connectivity index (χ1n) is 5.54. The summed E-state index contributed by atoms with van der Waals surface area (Å²) in [7, 11) is 0. The summed E-state index contributed by atoms with van der Waals surface area (Å²) in [5, 5.41) is 2.47. The molecule has 0 aliphatic rings. The Kier molecular flexibility index (Phi) is 2.26. The molecule has 2 aromatic carbocycles. The Hall–Kier alpha value is -2.35. The normalized spacial score (nSPS) is 10.6. The fourth-order valence-electron chi connectivity index (χ4n) is 2.04. The topological polar surface area (TPSA) is 28.7 Å². The number of H-pyrrole nitrogens is 1. The largest absolute Gasteiger partial charge is 0.338 e. The molecule has 1 N–H and O–H groups in total. The van der Waals surface area contributed by atoms with Crippen LogP contribution in [0.25, 0.3) is 28.1 Å². The summed E-state index contributed by atoms with van der Waals surface area (Å²) in [6.45, 7) is 3.71. The lowest BCUT2D eigenvalue weighted by molar-refractivity contribution is 1.27. The highest BCUT2D eigenvalue weighted by Crippen LogP contribution is 2.27. The second-order valence-corrected chi connectivity index (χ2v) is 3.91. The van der Waals surface area contributed by atoms with Gasteiger partial charge in [0, 0.05) is 5.56 Å². The minimum atomic E-state index is 0.799. The van der Waals surface area contributed by atoms with Gasteiger partial charge in [0.15, 0.2) is 0 Å². The van der Waals surface area contributed by atoms with Gasteiger partial charge in [-0.15, -0.1) is 0 Å². The average Bonchev–Trinajstić information content (AvgIpc) is 2.87. The van der Waals surface area contributed by atoms with Crippen molar-refractivity contribution in [1.29, 1.82) is 0 Å². The number of hydrogen-bond acceptors (Lipinski definition) is 1. The summed E-state index contributed by atoms with van der Waals surface area (Å²) < 4.78 is 0. The first kappa shape index (κ1) is 9.85. The molecule has 0 spiro atoms. The predicted molar refractivity (Wildman–Crippen MR) is 71.6 cm³/mol. The zero-order valence-electron chi connectivity index (χ0n) is 9.35. The molecule has 0 saturated carbocycles. The van der Waals surface area contributed by atoms with Crippen molar-refractivity contribution < 1.29 is 0 Å². The van der Waals surface area contributed by atoms with Gasteiger partial charge in [0.05, 0.1) is 11.9 Å². The van der Waals surface area contributed by atoms with Gasteiger partial charge in [-0.05, 0) is 16.8 Å². The number of imidazole rings is 1. The minimum Gasteiger partial charge on any atom is -0.338 e. The molecule has 0 saturated heterocycles. The molecule has 17 heavy (non-hydrogen) atoms. The van der Waals surface area contributed by atoms with Crippen molar-refractivity contribution in [2.24, 2.45) is 0 Å². The Morgan fingerprint density at radius 3 is 2.71 bits per heavy atom. The van der Waals surface area contributed by atoms with Gasteiger partial charge in [0.1, 0.15) is 5.82 Å². The van der Waals surface area contributed by atoms with Crippen molar-refractivity contribution in [3.8, 4) is 11.3 Å². The van der Waals surface area contributed by atoms with Gasteiger partial charge in [-0.2, -0.15) is 0 Å². The second-order valence-electron chi connectivity index (χ2n) is 3.91. The summed E-state index contributed by atoms with van der Waals surface area (Å²) in [5.41, 5.74) is 2.19. The van der Waals surface area contributed by atoms with Crippen molar-refractivity contribution in [2.75, 3.05) is 0 Å². The van der Waals surface area contributed by atoms with Crippen LogP contribution in [0.4, 0.5) is 0 Å². The summed E-state index contributed by atoms with van der Waals surface area (Å²) in [4.78, 5) is 7.49. The molecule has 0 unspecified atom stereocenters. The first-order valence-corrected chi connectivity index (χ1v) is 5.54. The Morgan fingerprint density at radius 1 is 1.06 bits per heavy atom. The smallest absolute Gasteiger partial charge is 0.129 e. The van der Waals surface area contributed by atoms with E-state index in [0.29, 0.717) is 0 Å². The van der Waals surface area contributed by atoms with Crippen LogP contribution in [-0.2, 0) is 0 Å². The monoisotopic (exact) mass is 220 g/mol. The second kappa shape index (κ2) is 3.91. The fourth-order valence-corrected chi connectivity index (χ4v) is 2.04. The highest BCUT2D eigenvalue weighted by atomic mass is 14.9. The summed E-state index contributed by atoms with van der Waals surface area (Å²) in [6.07, 6.45) is 3.56. The van der Waals surface area contributed by atoms with Gasteiger partial charge in [0.25, 0.3) is 0 Å². The number of aromatic amines is 1. The van der Waals surface area contributed by atoms with Crippen molar-refractivity contribution in [3.63, 3.8) is 0 Å². The van der Waals surface area contributed by atoms with E-state index in [2.05, 4.69) is 52.9 Å². The predicted octanol–water partition coefficient (Wildman–Crippen LogP) is 3.87. The molecule has 0 aliphatic heterocycles. The highest BCUT2D eigenvalue weighted by Gasteiger charge is 2.05. The maximum atomic E-state index is 4.24. The molecule has 0 aliphatic carbocycles. The standard InChI is InChI=1S/C15H12N2/c1-2-15-16-10-14(17-15)13-9-5-7-11-6-3-4-8-12(11)13/h2-10H,1H2,(H,16,17). The van der Waals surface area contributed by atoms with Gasteiger partial charge in [-0.1, -0.05) is 49.0 Å². The first-order chi connectivity index (χ1) is 8.38. The molecule has 2 heteroatoms. The van der Waals surface area contributed by atoms with E-state index in [4.69, 9.17) is 0 Å². The lowest BCUT2D eigenvalue weighted by atomic mass is 10.0. The van der Waals surface area contributed by atoms with Gasteiger partial charge >= 0.3 is 0 Å². The molecule has 0 fully saturated rings. The van der Waals surface area contributed by atoms with Crippen molar-refractivity contribution in [1.82, 2.24) is 9.97 Å². The van der Waals surface area contributed by atoms with E-state index in [9.17, 15) is 0 Å². The van der Waals surface area contributed by atoms with Crippen molar-refractivity contribution in [2.45, 2.75) is 0 Å². The number of aromatic nitrogens is 2. The molecule has 3 rings (SSSR count). The van der Waals surface area contributed by atoms with Crippen molar-refractivity contribution >= 4 is 16.8 Å². The molecule has 3 aromatic rings. The minimum absolute atomic E-state index is 0.799. The number of rotatable bonds is 2. The zero-order chi connectivity index (χ0) is 11.7. The van der Waals surface area contributed by atoms with E-state index in [0.717, 1.165) is 11.5 Å². The van der Waals surface area contributed by atoms with Crippen LogP contribution in [0.15, 0.2) is 55.2 Å². The Labute approximate surface area is 99.6 Å². The maximum absolute atomic E-state index is 4.24. The fraction of sp³-hybridized carbons (Fsp3) is 0.